The third-order valence-electron chi connectivity index (χ3n) is 4.58. The molecule has 0 saturated carbocycles. The first-order chi connectivity index (χ1) is 9.83. The van der Waals surface area contributed by atoms with E-state index in [2.05, 4.69) is 35.1 Å². The van der Waals surface area contributed by atoms with Gasteiger partial charge in [0.1, 0.15) is 0 Å². The van der Waals surface area contributed by atoms with Crippen molar-refractivity contribution in [1.82, 2.24) is 15.1 Å². The van der Waals surface area contributed by atoms with Gasteiger partial charge < -0.3 is 10.1 Å². The van der Waals surface area contributed by atoms with E-state index in [0.717, 1.165) is 26.3 Å². The summed E-state index contributed by atoms with van der Waals surface area (Å²) in [7, 11) is 0. The van der Waals surface area contributed by atoms with Crippen molar-refractivity contribution in [1.29, 1.82) is 0 Å². The highest BCUT2D eigenvalue weighted by Gasteiger charge is 2.27. The van der Waals surface area contributed by atoms with Crippen molar-refractivity contribution in [3.8, 4) is 0 Å². The van der Waals surface area contributed by atoms with E-state index < -0.39 is 0 Å². The molecule has 0 unspecified atom stereocenters. The van der Waals surface area contributed by atoms with Gasteiger partial charge in [0.05, 0.1) is 30.5 Å². The lowest BCUT2D eigenvalue weighted by Crippen LogP contribution is -2.31. The van der Waals surface area contributed by atoms with Gasteiger partial charge in [-0.1, -0.05) is 11.6 Å². The fourth-order valence-corrected chi connectivity index (χ4v) is 3.32. The number of aromatic nitrogens is 2. The monoisotopic (exact) mass is 271 g/mol. The smallest absolute Gasteiger partial charge is 0.0992 e. The van der Waals surface area contributed by atoms with Gasteiger partial charge in [0.15, 0.2) is 0 Å². The average molecular weight is 271 g/mol. The number of hydrogen-bond acceptors (Lipinski definition) is 3. The Balaban J connectivity index is 1.83. The van der Waals surface area contributed by atoms with Crippen LogP contribution in [-0.4, -0.2) is 36.1 Å². The van der Waals surface area contributed by atoms with Crippen LogP contribution in [0.3, 0.4) is 0 Å². The molecular weight excluding hydrogens is 250 g/mol. The lowest BCUT2D eigenvalue weighted by atomic mass is 9.92. The molecule has 3 heterocycles. The second-order valence-electron chi connectivity index (χ2n) is 6.07. The lowest BCUT2D eigenvalue weighted by Gasteiger charge is -2.27. The quantitative estimate of drug-likeness (QED) is 0.911. The van der Waals surface area contributed by atoms with Gasteiger partial charge in [-0.2, -0.15) is 5.10 Å². The molecule has 0 spiro atoms. The van der Waals surface area contributed by atoms with Gasteiger partial charge in [-0.15, -0.1) is 0 Å². The first-order valence-electron chi connectivity index (χ1n) is 7.60. The molecule has 20 heavy (non-hydrogen) atoms. The molecule has 1 N–H and O–H groups in total. The van der Waals surface area contributed by atoms with Crippen molar-refractivity contribution < 1.29 is 4.74 Å². The van der Waals surface area contributed by atoms with E-state index in [1.807, 2.05) is 0 Å². The normalized spacial score (nSPS) is 21.2. The number of piperidine rings is 1. The Bertz CT molecular complexity index is 624. The third kappa shape index (κ3) is 1.95. The second-order valence-corrected chi connectivity index (χ2v) is 6.07. The zero-order valence-corrected chi connectivity index (χ0v) is 11.9. The maximum atomic E-state index is 5.35. The first-order valence-corrected chi connectivity index (χ1v) is 7.60. The van der Waals surface area contributed by atoms with Crippen LogP contribution in [0.4, 0.5) is 0 Å². The van der Waals surface area contributed by atoms with Crippen LogP contribution in [0, 0.1) is 6.92 Å². The van der Waals surface area contributed by atoms with Crippen LogP contribution < -0.4 is 5.32 Å². The van der Waals surface area contributed by atoms with Crippen LogP contribution in [0.2, 0.25) is 0 Å². The summed E-state index contributed by atoms with van der Waals surface area (Å²) in [5.74, 6) is 0.600. The zero-order valence-electron chi connectivity index (χ0n) is 11.9. The predicted octanol–water partition coefficient (Wildman–Crippen LogP) is 2.38. The van der Waals surface area contributed by atoms with Gasteiger partial charge in [-0.3, -0.25) is 4.68 Å². The number of aryl methyl sites for hydroxylation is 1. The van der Waals surface area contributed by atoms with Crippen LogP contribution in [0.25, 0.3) is 10.9 Å². The first kappa shape index (κ1) is 12.4. The van der Waals surface area contributed by atoms with Crippen molar-refractivity contribution >= 4 is 10.9 Å². The van der Waals surface area contributed by atoms with E-state index in [-0.39, 0.29) is 0 Å². The third-order valence-corrected chi connectivity index (χ3v) is 4.58. The molecule has 2 aromatic rings. The topological polar surface area (TPSA) is 39.1 Å². The molecular formula is C16H21N3O. The molecule has 0 radical (unpaired) electrons. The van der Waals surface area contributed by atoms with Gasteiger partial charge in [0.25, 0.3) is 0 Å². The van der Waals surface area contributed by atoms with E-state index in [0.29, 0.717) is 12.0 Å². The fourth-order valence-electron chi connectivity index (χ4n) is 3.32. The second kappa shape index (κ2) is 4.86. The SMILES string of the molecule is Cc1ccc2c(c1)c(C1CCNCC1)nn2C1COC1. The number of fused-ring (bicyclic) bond motifs is 1. The summed E-state index contributed by atoms with van der Waals surface area (Å²) in [5.41, 5.74) is 3.90. The molecule has 2 saturated heterocycles. The number of hydrogen-bond donors (Lipinski definition) is 1. The minimum atomic E-state index is 0.427. The van der Waals surface area contributed by atoms with E-state index in [1.54, 1.807) is 0 Å². The maximum Gasteiger partial charge on any atom is 0.0992 e. The van der Waals surface area contributed by atoms with Crippen LogP contribution in [-0.2, 0) is 4.74 Å². The average Bonchev–Trinajstić information content (AvgIpc) is 2.77. The van der Waals surface area contributed by atoms with Crippen LogP contribution in [0.1, 0.15) is 36.1 Å². The summed E-state index contributed by atoms with van der Waals surface area (Å²) in [4.78, 5) is 0. The van der Waals surface area contributed by atoms with Crippen LogP contribution in [0.15, 0.2) is 18.2 Å². The molecule has 1 aromatic carbocycles. The summed E-state index contributed by atoms with van der Waals surface area (Å²) in [6.07, 6.45) is 2.39. The van der Waals surface area contributed by atoms with E-state index >= 15 is 0 Å². The zero-order chi connectivity index (χ0) is 13.5. The molecule has 106 valence electrons. The standard InChI is InChI=1S/C16H21N3O/c1-11-2-3-15-14(8-11)16(12-4-6-17-7-5-12)18-19(15)13-9-20-10-13/h2-3,8,12-13,17H,4-7,9-10H2,1H3. The Labute approximate surface area is 119 Å². The largest absolute Gasteiger partial charge is 0.377 e. The molecule has 1 aromatic heterocycles. The van der Waals surface area contributed by atoms with Crippen molar-refractivity contribution in [2.45, 2.75) is 31.7 Å². The highest BCUT2D eigenvalue weighted by Crippen LogP contribution is 2.33. The van der Waals surface area contributed by atoms with Crippen molar-refractivity contribution in [2.75, 3.05) is 26.3 Å². The molecule has 0 amide bonds. The van der Waals surface area contributed by atoms with Gasteiger partial charge in [-0.05, 0) is 45.0 Å². The highest BCUT2D eigenvalue weighted by atomic mass is 16.5. The van der Waals surface area contributed by atoms with E-state index in [4.69, 9.17) is 9.84 Å². The predicted molar refractivity (Wildman–Crippen MR) is 79.2 cm³/mol. The molecule has 4 rings (SSSR count). The van der Waals surface area contributed by atoms with Gasteiger partial charge in [0.2, 0.25) is 0 Å². The fraction of sp³-hybridized carbons (Fsp3) is 0.562. The molecule has 2 fully saturated rings. The summed E-state index contributed by atoms with van der Waals surface area (Å²) in [6.45, 7) is 5.98. The van der Waals surface area contributed by atoms with Gasteiger partial charge in [-0.25, -0.2) is 0 Å². The Morgan fingerprint density at radius 3 is 2.75 bits per heavy atom. The highest BCUT2D eigenvalue weighted by molar-refractivity contribution is 5.83. The number of nitrogens with one attached hydrogen (secondary N) is 1. The summed E-state index contributed by atoms with van der Waals surface area (Å²) in [6, 6.07) is 7.14. The summed E-state index contributed by atoms with van der Waals surface area (Å²) in [5, 5.41) is 9.78. The van der Waals surface area contributed by atoms with E-state index in [9.17, 15) is 0 Å². The number of ether oxygens (including phenoxy) is 1. The lowest BCUT2D eigenvalue weighted by molar-refractivity contribution is -0.0268. The molecule has 4 nitrogen and oxygen atoms in total. The maximum absolute atomic E-state index is 5.35. The molecule has 0 aliphatic carbocycles. The van der Waals surface area contributed by atoms with Crippen LogP contribution >= 0.6 is 0 Å². The minimum Gasteiger partial charge on any atom is -0.377 e. The number of benzene rings is 1. The summed E-state index contributed by atoms with van der Waals surface area (Å²) >= 11 is 0. The molecule has 2 aliphatic rings. The molecule has 2 aliphatic heterocycles. The molecule has 0 atom stereocenters. The van der Waals surface area contributed by atoms with Gasteiger partial charge >= 0.3 is 0 Å². The van der Waals surface area contributed by atoms with Crippen molar-refractivity contribution in [3.05, 3.63) is 29.5 Å². The van der Waals surface area contributed by atoms with Crippen LogP contribution in [0.5, 0.6) is 0 Å². The van der Waals surface area contributed by atoms with E-state index in [1.165, 1.54) is 35.0 Å². The molecule has 0 bridgehead atoms. The Morgan fingerprint density at radius 2 is 2.05 bits per heavy atom. The molecule has 4 heteroatoms. The van der Waals surface area contributed by atoms with Gasteiger partial charge in [0, 0.05) is 11.3 Å². The minimum absolute atomic E-state index is 0.427. The van der Waals surface area contributed by atoms with Crippen molar-refractivity contribution in [3.63, 3.8) is 0 Å². The number of nitrogens with zero attached hydrogens (tertiary/aromatic N) is 2. The summed E-state index contributed by atoms with van der Waals surface area (Å²) < 4.78 is 7.55. The number of rotatable bonds is 2. The Hall–Kier alpha value is -1.39. The van der Waals surface area contributed by atoms with Crippen molar-refractivity contribution in [2.24, 2.45) is 0 Å². The Morgan fingerprint density at radius 1 is 1.25 bits per heavy atom. The Kier molecular flexibility index (Phi) is 3.00.